The Hall–Kier alpha value is -0.570. The van der Waals surface area contributed by atoms with Crippen LogP contribution in [-0.4, -0.2) is 73.5 Å². The van der Waals surface area contributed by atoms with Crippen LogP contribution in [0.3, 0.4) is 0 Å². The van der Waals surface area contributed by atoms with Gasteiger partial charge in [0.05, 0.1) is 6.61 Å². The number of Topliss-reactive ketones (excluding diaryl/α,β-unsaturated/α-hetero) is 1. The van der Waals surface area contributed by atoms with Crippen molar-refractivity contribution < 1.29 is 35.4 Å². The zero-order valence-electron chi connectivity index (χ0n) is 19.5. The maximum atomic E-state index is 12.0. The number of rotatable bonds is 22. The average Bonchev–Trinajstić information content (AvgIpc) is 2.78. The first-order chi connectivity index (χ1) is 14.9. The van der Waals surface area contributed by atoms with Crippen LogP contribution < -0.4 is 0 Å². The third-order valence-electron chi connectivity index (χ3n) is 5.96. The van der Waals surface area contributed by atoms with Crippen LogP contribution in [0.25, 0.3) is 0 Å². The SMILES string of the molecule is CCCCCCCCCCCCCCCCCC(=O)C(O)[C@H](O)[C@H](O)[C@H](O)[C@@H](O)CO. The van der Waals surface area contributed by atoms with Crippen LogP contribution in [0.2, 0.25) is 0 Å². The third kappa shape index (κ3) is 15.0. The molecule has 7 nitrogen and oxygen atoms in total. The summed E-state index contributed by atoms with van der Waals surface area (Å²) in [5.41, 5.74) is 0. The fraction of sp³-hybridized carbons (Fsp3) is 0.958. The van der Waals surface area contributed by atoms with Gasteiger partial charge in [-0.05, 0) is 6.42 Å². The lowest BCUT2D eigenvalue weighted by molar-refractivity contribution is -0.155. The topological polar surface area (TPSA) is 138 Å². The number of carbonyl (C=O) groups is 1. The van der Waals surface area contributed by atoms with Gasteiger partial charge in [-0.15, -0.1) is 0 Å². The smallest absolute Gasteiger partial charge is 0.164 e. The monoisotopic (exact) mass is 448 g/mol. The Morgan fingerprint density at radius 1 is 0.581 bits per heavy atom. The van der Waals surface area contributed by atoms with Gasteiger partial charge in [-0.1, -0.05) is 96.8 Å². The van der Waals surface area contributed by atoms with E-state index in [4.69, 9.17) is 5.11 Å². The Morgan fingerprint density at radius 3 is 1.35 bits per heavy atom. The number of aliphatic hydroxyl groups excluding tert-OH is 6. The van der Waals surface area contributed by atoms with Gasteiger partial charge >= 0.3 is 0 Å². The fourth-order valence-corrected chi connectivity index (χ4v) is 3.73. The zero-order chi connectivity index (χ0) is 23.5. The van der Waals surface area contributed by atoms with Gasteiger partial charge in [-0.3, -0.25) is 4.79 Å². The van der Waals surface area contributed by atoms with Crippen molar-refractivity contribution in [2.45, 2.75) is 140 Å². The van der Waals surface area contributed by atoms with E-state index in [0.717, 1.165) is 19.3 Å². The van der Waals surface area contributed by atoms with Crippen LogP contribution >= 0.6 is 0 Å². The number of hydrogen-bond donors (Lipinski definition) is 6. The summed E-state index contributed by atoms with van der Waals surface area (Å²) in [5, 5.41) is 57.0. The summed E-state index contributed by atoms with van der Waals surface area (Å²) in [6, 6.07) is 0. The quantitative estimate of drug-likeness (QED) is 0.140. The Labute approximate surface area is 188 Å². The first kappa shape index (κ1) is 30.4. The van der Waals surface area contributed by atoms with Crippen molar-refractivity contribution in [1.29, 1.82) is 0 Å². The van der Waals surface area contributed by atoms with Gasteiger partial charge < -0.3 is 30.6 Å². The Bertz CT molecular complexity index is 419. The molecule has 5 atom stereocenters. The van der Waals surface area contributed by atoms with Crippen molar-refractivity contribution in [3.8, 4) is 0 Å². The minimum absolute atomic E-state index is 0.0852. The number of unbranched alkanes of at least 4 members (excludes halogenated alkanes) is 14. The first-order valence-corrected chi connectivity index (χ1v) is 12.4. The molecule has 0 aromatic heterocycles. The zero-order valence-corrected chi connectivity index (χ0v) is 19.5. The Balaban J connectivity index is 3.64. The molecule has 0 bridgehead atoms. The summed E-state index contributed by atoms with van der Waals surface area (Å²) in [5.74, 6) is -0.605. The standard InChI is InChI=1S/C24H48O7/c1-2-3-4-5-6-7-8-9-10-11-12-13-14-15-16-17-19(26)21(28)23(30)24(31)22(29)20(27)18-25/h20-25,27-31H,2-18H2,1H3/t20-,21?,22+,23-,24+/m0/s1. The van der Waals surface area contributed by atoms with E-state index >= 15 is 0 Å². The van der Waals surface area contributed by atoms with Crippen molar-refractivity contribution in [2.24, 2.45) is 0 Å². The molecule has 1 unspecified atom stereocenters. The molecular formula is C24H48O7. The minimum atomic E-state index is -1.93. The molecule has 7 heteroatoms. The lowest BCUT2D eigenvalue weighted by Crippen LogP contribution is -2.51. The van der Waals surface area contributed by atoms with Gasteiger partial charge in [0.1, 0.15) is 30.5 Å². The van der Waals surface area contributed by atoms with Crippen molar-refractivity contribution in [1.82, 2.24) is 0 Å². The van der Waals surface area contributed by atoms with E-state index in [1.807, 2.05) is 0 Å². The van der Waals surface area contributed by atoms with Crippen LogP contribution in [-0.2, 0) is 4.79 Å². The second kappa shape index (κ2) is 20.1. The van der Waals surface area contributed by atoms with E-state index in [-0.39, 0.29) is 6.42 Å². The van der Waals surface area contributed by atoms with E-state index in [0.29, 0.717) is 6.42 Å². The van der Waals surface area contributed by atoms with E-state index < -0.39 is 42.9 Å². The summed E-state index contributed by atoms with van der Waals surface area (Å²) in [6.45, 7) is 1.43. The Morgan fingerprint density at radius 2 is 0.968 bits per heavy atom. The van der Waals surface area contributed by atoms with Crippen LogP contribution in [0.5, 0.6) is 0 Å². The van der Waals surface area contributed by atoms with Crippen molar-refractivity contribution in [3.05, 3.63) is 0 Å². The van der Waals surface area contributed by atoms with Crippen molar-refractivity contribution >= 4 is 5.78 Å². The molecule has 0 aliphatic carbocycles. The molecule has 0 aliphatic heterocycles. The van der Waals surface area contributed by atoms with Crippen LogP contribution in [0, 0.1) is 0 Å². The van der Waals surface area contributed by atoms with Crippen molar-refractivity contribution in [3.63, 3.8) is 0 Å². The van der Waals surface area contributed by atoms with Gasteiger partial charge in [0.15, 0.2) is 5.78 Å². The van der Waals surface area contributed by atoms with Crippen LogP contribution in [0.15, 0.2) is 0 Å². The van der Waals surface area contributed by atoms with Crippen molar-refractivity contribution in [2.75, 3.05) is 6.61 Å². The first-order valence-electron chi connectivity index (χ1n) is 12.4. The average molecular weight is 449 g/mol. The molecule has 0 spiro atoms. The highest BCUT2D eigenvalue weighted by Gasteiger charge is 2.36. The summed E-state index contributed by atoms with van der Waals surface area (Å²) >= 11 is 0. The largest absolute Gasteiger partial charge is 0.394 e. The Kier molecular flexibility index (Phi) is 19.7. The summed E-state index contributed by atoms with van der Waals surface area (Å²) < 4.78 is 0. The fourth-order valence-electron chi connectivity index (χ4n) is 3.73. The van der Waals surface area contributed by atoms with Gasteiger partial charge in [0.2, 0.25) is 0 Å². The molecule has 0 aromatic rings. The predicted molar refractivity (Wildman–Crippen MR) is 122 cm³/mol. The number of hydrogen-bond acceptors (Lipinski definition) is 7. The maximum Gasteiger partial charge on any atom is 0.164 e. The number of aliphatic hydroxyl groups is 6. The molecule has 0 saturated carbocycles. The maximum absolute atomic E-state index is 12.0. The molecule has 0 fully saturated rings. The molecule has 0 radical (unpaired) electrons. The molecular weight excluding hydrogens is 400 g/mol. The number of carbonyl (C=O) groups excluding carboxylic acids is 1. The second-order valence-electron chi connectivity index (χ2n) is 8.83. The molecule has 31 heavy (non-hydrogen) atoms. The van der Waals surface area contributed by atoms with E-state index in [1.165, 1.54) is 70.6 Å². The summed E-state index contributed by atoms with van der Waals surface area (Å²) in [6.07, 6.45) is 9.03. The van der Waals surface area contributed by atoms with Gasteiger partial charge in [0, 0.05) is 6.42 Å². The predicted octanol–water partition coefficient (Wildman–Crippen LogP) is 2.61. The third-order valence-corrected chi connectivity index (χ3v) is 5.96. The summed E-state index contributed by atoms with van der Waals surface area (Å²) in [7, 11) is 0. The van der Waals surface area contributed by atoms with E-state index in [2.05, 4.69) is 6.92 Å². The van der Waals surface area contributed by atoms with E-state index in [1.54, 1.807) is 0 Å². The van der Waals surface area contributed by atoms with Gasteiger partial charge in [0.25, 0.3) is 0 Å². The molecule has 0 aromatic carbocycles. The second-order valence-corrected chi connectivity index (χ2v) is 8.83. The molecule has 6 N–H and O–H groups in total. The molecule has 0 amide bonds. The van der Waals surface area contributed by atoms with Gasteiger partial charge in [-0.25, -0.2) is 0 Å². The number of ketones is 1. The summed E-state index contributed by atoms with van der Waals surface area (Å²) in [4.78, 5) is 12.0. The molecule has 0 heterocycles. The lowest BCUT2D eigenvalue weighted by atomic mass is 9.95. The highest BCUT2D eigenvalue weighted by molar-refractivity contribution is 5.83. The van der Waals surface area contributed by atoms with Crippen LogP contribution in [0.1, 0.15) is 110 Å². The molecule has 0 rings (SSSR count). The van der Waals surface area contributed by atoms with E-state index in [9.17, 15) is 30.3 Å². The molecule has 0 aliphatic rings. The normalized spacial score (nSPS) is 16.6. The van der Waals surface area contributed by atoms with Gasteiger partial charge in [-0.2, -0.15) is 0 Å². The highest BCUT2D eigenvalue weighted by atomic mass is 16.4. The van der Waals surface area contributed by atoms with Crippen LogP contribution in [0.4, 0.5) is 0 Å². The minimum Gasteiger partial charge on any atom is -0.394 e. The molecule has 186 valence electrons. The highest BCUT2D eigenvalue weighted by Crippen LogP contribution is 2.15. The molecule has 0 saturated heterocycles. The lowest BCUT2D eigenvalue weighted by Gasteiger charge is -2.27.